The van der Waals surface area contributed by atoms with Crippen LogP contribution in [0.2, 0.25) is 0 Å². The van der Waals surface area contributed by atoms with Gasteiger partial charge in [0.25, 0.3) is 0 Å². The Morgan fingerprint density at radius 1 is 1.00 bits per heavy atom. The van der Waals surface area contributed by atoms with Crippen LogP contribution in [0.4, 0.5) is 0 Å². The molecule has 0 aliphatic carbocycles. The van der Waals surface area contributed by atoms with Crippen molar-refractivity contribution in [2.24, 2.45) is 5.73 Å². The molecular formula is C17H28N2O. The number of hydrogen-bond donors (Lipinski definition) is 2. The zero-order chi connectivity index (χ0) is 15.6. The molecule has 3 N–H and O–H groups in total. The van der Waals surface area contributed by atoms with E-state index >= 15 is 0 Å². The van der Waals surface area contributed by atoms with Gasteiger partial charge in [0.2, 0.25) is 5.91 Å². The van der Waals surface area contributed by atoms with Crippen LogP contribution < -0.4 is 11.1 Å². The van der Waals surface area contributed by atoms with Crippen LogP contribution >= 0.6 is 0 Å². The van der Waals surface area contributed by atoms with Crippen LogP contribution in [0.25, 0.3) is 0 Å². The van der Waals surface area contributed by atoms with E-state index < -0.39 is 0 Å². The fourth-order valence-electron chi connectivity index (χ4n) is 1.93. The molecule has 0 saturated carbocycles. The van der Waals surface area contributed by atoms with Gasteiger partial charge in [-0.15, -0.1) is 0 Å². The lowest BCUT2D eigenvalue weighted by Crippen LogP contribution is -2.30. The molecule has 1 aromatic rings. The summed E-state index contributed by atoms with van der Waals surface area (Å²) in [4.78, 5) is 11.3. The molecule has 112 valence electrons. The average Bonchev–Trinajstić information content (AvgIpc) is 2.33. The number of carbonyl (C=O) groups is 1. The second-order valence-electron chi connectivity index (χ2n) is 7.40. The summed E-state index contributed by atoms with van der Waals surface area (Å²) in [6.45, 7) is 13.8. The summed E-state index contributed by atoms with van der Waals surface area (Å²) in [5.74, 6) is -0.122. The van der Waals surface area contributed by atoms with E-state index in [1.807, 2.05) is 0 Å². The molecule has 3 heteroatoms. The largest absolute Gasteiger partial charge is 0.351 e. The van der Waals surface area contributed by atoms with Crippen LogP contribution in [-0.4, -0.2) is 12.5 Å². The first-order valence-electron chi connectivity index (χ1n) is 7.16. The summed E-state index contributed by atoms with van der Waals surface area (Å²) in [5, 5.41) is 2.84. The molecule has 0 saturated heterocycles. The Kier molecular flexibility index (Phi) is 4.98. The van der Waals surface area contributed by atoms with E-state index in [0.717, 1.165) is 5.56 Å². The lowest BCUT2D eigenvalue weighted by Gasteiger charge is -2.26. The highest BCUT2D eigenvalue weighted by Gasteiger charge is 2.20. The van der Waals surface area contributed by atoms with Gasteiger partial charge >= 0.3 is 0 Å². The maximum absolute atomic E-state index is 11.3. The topological polar surface area (TPSA) is 55.1 Å². The summed E-state index contributed by atoms with van der Waals surface area (Å²) < 4.78 is 0. The van der Waals surface area contributed by atoms with E-state index in [1.165, 1.54) is 11.1 Å². The van der Waals surface area contributed by atoms with E-state index in [2.05, 4.69) is 65.1 Å². The third kappa shape index (κ3) is 4.64. The number of carbonyl (C=O) groups excluding carboxylic acids is 1. The van der Waals surface area contributed by atoms with Gasteiger partial charge in [0.05, 0.1) is 6.54 Å². The first-order valence-corrected chi connectivity index (χ1v) is 7.16. The van der Waals surface area contributed by atoms with E-state index in [4.69, 9.17) is 5.73 Å². The maximum Gasteiger partial charge on any atom is 0.234 e. The summed E-state index contributed by atoms with van der Waals surface area (Å²) >= 11 is 0. The molecule has 0 aliphatic rings. The molecule has 0 fully saturated rings. The van der Waals surface area contributed by atoms with Crippen LogP contribution in [0, 0.1) is 0 Å². The van der Waals surface area contributed by atoms with Gasteiger partial charge < -0.3 is 11.1 Å². The van der Waals surface area contributed by atoms with Crippen molar-refractivity contribution in [2.45, 2.75) is 58.9 Å². The van der Waals surface area contributed by atoms with Gasteiger partial charge in [-0.25, -0.2) is 0 Å². The molecule has 0 atom stereocenters. The Hall–Kier alpha value is -1.35. The van der Waals surface area contributed by atoms with Crippen molar-refractivity contribution < 1.29 is 4.79 Å². The lowest BCUT2D eigenvalue weighted by molar-refractivity contribution is -0.119. The Balaban J connectivity index is 3.14. The highest BCUT2D eigenvalue weighted by molar-refractivity contribution is 5.77. The van der Waals surface area contributed by atoms with Crippen LogP contribution in [0.5, 0.6) is 0 Å². The number of benzene rings is 1. The Labute approximate surface area is 122 Å². The van der Waals surface area contributed by atoms with Crippen LogP contribution in [0.1, 0.15) is 58.2 Å². The van der Waals surface area contributed by atoms with Crippen molar-refractivity contribution >= 4 is 5.91 Å². The number of amides is 1. The van der Waals surface area contributed by atoms with Crippen molar-refractivity contribution in [3.63, 3.8) is 0 Å². The van der Waals surface area contributed by atoms with E-state index in [0.29, 0.717) is 6.54 Å². The molecule has 1 aromatic carbocycles. The summed E-state index contributed by atoms with van der Waals surface area (Å²) in [5.41, 5.74) is 9.22. The number of nitrogens with two attached hydrogens (primary N) is 1. The monoisotopic (exact) mass is 276 g/mol. The zero-order valence-corrected chi connectivity index (χ0v) is 13.6. The van der Waals surface area contributed by atoms with Crippen molar-refractivity contribution in [1.82, 2.24) is 5.32 Å². The van der Waals surface area contributed by atoms with E-state index in [-0.39, 0.29) is 23.3 Å². The van der Waals surface area contributed by atoms with Gasteiger partial charge in [-0.2, -0.15) is 0 Å². The van der Waals surface area contributed by atoms with Gasteiger partial charge in [0, 0.05) is 6.54 Å². The summed E-state index contributed by atoms with van der Waals surface area (Å²) in [7, 11) is 0. The Morgan fingerprint density at radius 2 is 1.45 bits per heavy atom. The fraction of sp³-hybridized carbons (Fsp3) is 0.588. The standard InChI is InChI=1S/C17H28N2O/c1-16(2,3)13-7-12(11-19-15(20)10-18)8-14(9-13)17(4,5)6/h7-9H,10-11,18H2,1-6H3,(H,19,20). The van der Waals surface area contributed by atoms with E-state index in [9.17, 15) is 4.79 Å². The van der Waals surface area contributed by atoms with Crippen molar-refractivity contribution in [2.75, 3.05) is 6.54 Å². The number of hydrogen-bond acceptors (Lipinski definition) is 2. The smallest absolute Gasteiger partial charge is 0.234 e. The molecule has 20 heavy (non-hydrogen) atoms. The van der Waals surface area contributed by atoms with Gasteiger partial charge in [0.15, 0.2) is 0 Å². The molecule has 0 aromatic heterocycles. The third-order valence-corrected chi connectivity index (χ3v) is 3.40. The molecule has 1 amide bonds. The van der Waals surface area contributed by atoms with Gasteiger partial charge in [-0.05, 0) is 27.5 Å². The first kappa shape index (κ1) is 16.7. The highest BCUT2D eigenvalue weighted by atomic mass is 16.1. The molecule has 0 aliphatic heterocycles. The SMILES string of the molecule is CC(C)(C)c1cc(CNC(=O)CN)cc(C(C)(C)C)c1. The summed E-state index contributed by atoms with van der Waals surface area (Å²) in [6, 6.07) is 6.62. The maximum atomic E-state index is 11.3. The van der Waals surface area contributed by atoms with Crippen molar-refractivity contribution in [3.05, 3.63) is 34.9 Å². The minimum Gasteiger partial charge on any atom is -0.351 e. The highest BCUT2D eigenvalue weighted by Crippen LogP contribution is 2.30. The molecule has 0 spiro atoms. The molecule has 0 radical (unpaired) electrons. The average molecular weight is 276 g/mol. The Morgan fingerprint density at radius 3 is 1.80 bits per heavy atom. The minimum absolute atomic E-state index is 0.0328. The van der Waals surface area contributed by atoms with Crippen LogP contribution in [0.3, 0.4) is 0 Å². The summed E-state index contributed by atoms with van der Waals surface area (Å²) in [6.07, 6.45) is 0. The second kappa shape index (κ2) is 5.96. The fourth-order valence-corrected chi connectivity index (χ4v) is 1.93. The molecule has 0 heterocycles. The van der Waals surface area contributed by atoms with Crippen molar-refractivity contribution in [1.29, 1.82) is 0 Å². The molecule has 3 nitrogen and oxygen atoms in total. The van der Waals surface area contributed by atoms with Gasteiger partial charge in [-0.1, -0.05) is 59.7 Å². The van der Waals surface area contributed by atoms with Crippen molar-refractivity contribution in [3.8, 4) is 0 Å². The number of rotatable bonds is 3. The van der Waals surface area contributed by atoms with E-state index in [1.54, 1.807) is 0 Å². The van der Waals surface area contributed by atoms with Crippen LogP contribution in [0.15, 0.2) is 18.2 Å². The normalized spacial score (nSPS) is 12.3. The zero-order valence-electron chi connectivity index (χ0n) is 13.6. The molecule has 0 bridgehead atoms. The molecule has 1 rings (SSSR count). The third-order valence-electron chi connectivity index (χ3n) is 3.40. The quantitative estimate of drug-likeness (QED) is 0.892. The predicted octanol–water partition coefficient (Wildman–Crippen LogP) is 2.86. The Bertz CT molecular complexity index is 446. The predicted molar refractivity (Wildman–Crippen MR) is 84.7 cm³/mol. The second-order valence-corrected chi connectivity index (χ2v) is 7.40. The first-order chi connectivity index (χ1) is 9.04. The molecule has 0 unspecified atom stereocenters. The van der Waals surface area contributed by atoms with Gasteiger partial charge in [0.1, 0.15) is 0 Å². The molecular weight excluding hydrogens is 248 g/mol. The van der Waals surface area contributed by atoms with Crippen LogP contribution in [-0.2, 0) is 22.2 Å². The number of nitrogens with one attached hydrogen (secondary N) is 1. The van der Waals surface area contributed by atoms with Gasteiger partial charge in [-0.3, -0.25) is 4.79 Å². The minimum atomic E-state index is -0.122. The lowest BCUT2D eigenvalue weighted by atomic mass is 9.79.